The van der Waals surface area contributed by atoms with E-state index in [2.05, 4.69) is 51.6 Å². The second-order valence-electron chi connectivity index (χ2n) is 5.56. The fraction of sp³-hybridized carbons (Fsp3) is 0.529. The van der Waals surface area contributed by atoms with Crippen LogP contribution in [0.15, 0.2) is 29.3 Å². The standard InChI is InChI=1S/C17H25N3O2/c1-3-4-5-6-8-13-9-7-10-14(11-13)15-12-18-16(19-15)20-17(21)22-2/h7,9-11,15H,3-6,8,12H2,1-2H3,(H2,18,19,20,21). The number of methoxy groups -OCH3 is 1. The maximum absolute atomic E-state index is 11.2. The summed E-state index contributed by atoms with van der Waals surface area (Å²) in [5.41, 5.74) is 2.57. The first kappa shape index (κ1) is 16.3. The topological polar surface area (TPSA) is 62.7 Å². The highest BCUT2D eigenvalue weighted by Crippen LogP contribution is 2.19. The zero-order valence-corrected chi connectivity index (χ0v) is 13.4. The number of aliphatic imine (C=N–C) groups is 1. The number of hydrogen-bond donors (Lipinski definition) is 2. The minimum atomic E-state index is -0.503. The van der Waals surface area contributed by atoms with Crippen molar-refractivity contribution in [3.8, 4) is 0 Å². The molecule has 1 aromatic carbocycles. The lowest BCUT2D eigenvalue weighted by Crippen LogP contribution is -2.39. The van der Waals surface area contributed by atoms with Crippen LogP contribution in [0.1, 0.15) is 49.8 Å². The largest absolute Gasteiger partial charge is 0.453 e. The summed E-state index contributed by atoms with van der Waals surface area (Å²) in [6.07, 6.45) is 5.71. The number of amides is 1. The molecule has 1 unspecified atom stereocenters. The Morgan fingerprint density at radius 1 is 1.41 bits per heavy atom. The Morgan fingerprint density at radius 2 is 2.27 bits per heavy atom. The molecule has 1 heterocycles. The summed E-state index contributed by atoms with van der Waals surface area (Å²) in [5.74, 6) is 0.477. The van der Waals surface area contributed by atoms with Crippen LogP contribution in [0, 0.1) is 0 Å². The van der Waals surface area contributed by atoms with E-state index in [9.17, 15) is 4.79 Å². The Morgan fingerprint density at radius 3 is 3.05 bits per heavy atom. The molecule has 0 fully saturated rings. The fourth-order valence-electron chi connectivity index (χ4n) is 2.57. The highest BCUT2D eigenvalue weighted by atomic mass is 16.5. The SMILES string of the molecule is CCCCCCc1cccc(C2CN=C(NC(=O)OC)N2)c1. The predicted octanol–water partition coefficient (Wildman–Crippen LogP) is 3.17. The van der Waals surface area contributed by atoms with Crippen molar-refractivity contribution >= 4 is 12.1 Å². The van der Waals surface area contributed by atoms with E-state index in [1.54, 1.807) is 0 Å². The van der Waals surface area contributed by atoms with Gasteiger partial charge in [-0.15, -0.1) is 0 Å². The minimum absolute atomic E-state index is 0.114. The summed E-state index contributed by atoms with van der Waals surface area (Å²) in [7, 11) is 1.34. The molecule has 2 N–H and O–H groups in total. The maximum atomic E-state index is 11.2. The van der Waals surface area contributed by atoms with Crippen LogP contribution < -0.4 is 10.6 Å². The zero-order valence-electron chi connectivity index (χ0n) is 13.4. The number of nitrogens with zero attached hydrogens (tertiary/aromatic N) is 1. The Hall–Kier alpha value is -2.04. The highest BCUT2D eigenvalue weighted by Gasteiger charge is 2.20. The zero-order chi connectivity index (χ0) is 15.8. The number of carbonyl (C=O) groups excluding carboxylic acids is 1. The van der Waals surface area contributed by atoms with Crippen molar-refractivity contribution in [2.45, 2.75) is 45.1 Å². The number of alkyl carbamates (subject to hydrolysis) is 1. The van der Waals surface area contributed by atoms with Crippen molar-refractivity contribution in [3.05, 3.63) is 35.4 Å². The van der Waals surface area contributed by atoms with Gasteiger partial charge in [0.25, 0.3) is 0 Å². The van der Waals surface area contributed by atoms with Gasteiger partial charge in [0.1, 0.15) is 0 Å². The average molecular weight is 303 g/mol. The molecule has 1 aliphatic rings. The summed E-state index contributed by atoms with van der Waals surface area (Å²) < 4.78 is 4.57. The average Bonchev–Trinajstić information content (AvgIpc) is 3.00. The first-order valence-corrected chi connectivity index (χ1v) is 7.97. The van der Waals surface area contributed by atoms with E-state index in [1.807, 2.05) is 0 Å². The molecule has 0 aliphatic carbocycles. The Kier molecular flexibility index (Phi) is 6.25. The summed E-state index contributed by atoms with van der Waals surface area (Å²) >= 11 is 0. The minimum Gasteiger partial charge on any atom is -0.453 e. The van der Waals surface area contributed by atoms with Gasteiger partial charge in [-0.3, -0.25) is 10.3 Å². The van der Waals surface area contributed by atoms with Crippen LogP contribution in [0.5, 0.6) is 0 Å². The second-order valence-corrected chi connectivity index (χ2v) is 5.56. The number of nitrogens with one attached hydrogen (secondary N) is 2. The lowest BCUT2D eigenvalue weighted by atomic mass is 10.0. The lowest BCUT2D eigenvalue weighted by Gasteiger charge is -2.13. The molecule has 0 saturated heterocycles. The van der Waals surface area contributed by atoms with Crippen molar-refractivity contribution in [1.29, 1.82) is 0 Å². The number of rotatable bonds is 6. The van der Waals surface area contributed by atoms with Crippen molar-refractivity contribution in [3.63, 3.8) is 0 Å². The fourth-order valence-corrected chi connectivity index (χ4v) is 2.57. The normalized spacial score (nSPS) is 16.8. The molecule has 0 bridgehead atoms. The number of ether oxygens (including phenoxy) is 1. The molecular formula is C17H25N3O2. The summed E-state index contributed by atoms with van der Waals surface area (Å²) in [5, 5.41) is 5.78. The smallest absolute Gasteiger partial charge is 0.413 e. The first-order chi connectivity index (χ1) is 10.7. The molecule has 1 aromatic rings. The van der Waals surface area contributed by atoms with Crippen LogP contribution >= 0.6 is 0 Å². The van der Waals surface area contributed by atoms with E-state index in [4.69, 9.17) is 0 Å². The monoisotopic (exact) mass is 303 g/mol. The first-order valence-electron chi connectivity index (χ1n) is 7.97. The van der Waals surface area contributed by atoms with E-state index in [1.165, 1.54) is 43.9 Å². The van der Waals surface area contributed by atoms with Crippen LogP contribution in [0.2, 0.25) is 0 Å². The molecule has 0 aromatic heterocycles. The summed E-state index contributed by atoms with van der Waals surface area (Å²) in [6, 6.07) is 8.73. The molecule has 120 valence electrons. The third-order valence-electron chi connectivity index (χ3n) is 3.82. The molecule has 1 atom stereocenters. The van der Waals surface area contributed by atoms with Gasteiger partial charge in [-0.25, -0.2) is 4.79 Å². The quantitative estimate of drug-likeness (QED) is 0.793. The molecular weight excluding hydrogens is 278 g/mol. The Bertz CT molecular complexity index is 528. The molecule has 0 radical (unpaired) electrons. The number of guanidine groups is 1. The van der Waals surface area contributed by atoms with Crippen LogP contribution in [0.3, 0.4) is 0 Å². The van der Waals surface area contributed by atoms with Crippen molar-refractivity contribution in [2.24, 2.45) is 4.99 Å². The van der Waals surface area contributed by atoms with Gasteiger partial charge in [0, 0.05) is 0 Å². The molecule has 5 nitrogen and oxygen atoms in total. The van der Waals surface area contributed by atoms with Gasteiger partial charge in [-0.1, -0.05) is 50.5 Å². The molecule has 0 spiro atoms. The van der Waals surface area contributed by atoms with Gasteiger partial charge in [0.05, 0.1) is 19.7 Å². The maximum Gasteiger partial charge on any atom is 0.413 e. The van der Waals surface area contributed by atoms with E-state index in [0.717, 1.165) is 6.42 Å². The lowest BCUT2D eigenvalue weighted by molar-refractivity contribution is 0.176. The second kappa shape index (κ2) is 8.41. The summed E-state index contributed by atoms with van der Waals surface area (Å²) in [4.78, 5) is 15.5. The summed E-state index contributed by atoms with van der Waals surface area (Å²) in [6.45, 7) is 2.85. The van der Waals surface area contributed by atoms with Gasteiger partial charge >= 0.3 is 6.09 Å². The number of hydrogen-bond acceptors (Lipinski definition) is 4. The third kappa shape index (κ3) is 4.76. The third-order valence-corrected chi connectivity index (χ3v) is 3.82. The molecule has 5 heteroatoms. The van der Waals surface area contributed by atoms with Gasteiger partial charge in [-0.05, 0) is 24.0 Å². The molecule has 1 aliphatic heterocycles. The molecule has 1 amide bonds. The van der Waals surface area contributed by atoms with E-state index < -0.39 is 6.09 Å². The number of benzene rings is 1. The Balaban J connectivity index is 1.87. The van der Waals surface area contributed by atoms with Crippen LogP contribution in [-0.4, -0.2) is 25.7 Å². The predicted molar refractivity (Wildman–Crippen MR) is 88.0 cm³/mol. The Labute approximate surface area is 132 Å². The molecule has 22 heavy (non-hydrogen) atoms. The van der Waals surface area contributed by atoms with E-state index in [0.29, 0.717) is 12.5 Å². The number of carbonyl (C=O) groups is 1. The van der Waals surface area contributed by atoms with Crippen molar-refractivity contribution in [1.82, 2.24) is 10.6 Å². The number of unbranched alkanes of at least 4 members (excludes halogenated alkanes) is 3. The van der Waals surface area contributed by atoms with Crippen LogP contribution in [-0.2, 0) is 11.2 Å². The van der Waals surface area contributed by atoms with Gasteiger partial charge in [0.2, 0.25) is 5.96 Å². The van der Waals surface area contributed by atoms with Gasteiger partial charge in [-0.2, -0.15) is 0 Å². The highest BCUT2D eigenvalue weighted by molar-refractivity contribution is 5.94. The number of aryl methyl sites for hydroxylation is 1. The van der Waals surface area contributed by atoms with Gasteiger partial charge < -0.3 is 10.1 Å². The molecule has 2 rings (SSSR count). The van der Waals surface area contributed by atoms with Gasteiger partial charge in [0.15, 0.2) is 0 Å². The van der Waals surface area contributed by atoms with Crippen LogP contribution in [0.25, 0.3) is 0 Å². The van der Waals surface area contributed by atoms with Crippen molar-refractivity contribution in [2.75, 3.05) is 13.7 Å². The molecule has 0 saturated carbocycles. The van der Waals surface area contributed by atoms with Crippen LogP contribution in [0.4, 0.5) is 4.79 Å². The van der Waals surface area contributed by atoms with E-state index in [-0.39, 0.29) is 6.04 Å². The van der Waals surface area contributed by atoms with Crippen molar-refractivity contribution < 1.29 is 9.53 Å². The van der Waals surface area contributed by atoms with E-state index >= 15 is 0 Å².